The average molecular weight is 263 g/mol. The quantitative estimate of drug-likeness (QED) is 0.343. The molecule has 1 unspecified atom stereocenters. The van der Waals surface area contributed by atoms with E-state index in [-0.39, 0.29) is 18.4 Å². The van der Waals surface area contributed by atoms with Gasteiger partial charge in [0.2, 0.25) is 0 Å². The van der Waals surface area contributed by atoms with Crippen molar-refractivity contribution in [3.05, 3.63) is 0 Å². The molecule has 17 heavy (non-hydrogen) atoms. The second-order valence-electron chi connectivity index (χ2n) is 3.63. The van der Waals surface area contributed by atoms with Crippen LogP contribution in [0.25, 0.3) is 0 Å². The highest BCUT2D eigenvalue weighted by atomic mass is 31.1. The molecule has 0 amide bonds. The van der Waals surface area contributed by atoms with Gasteiger partial charge in [-0.1, -0.05) is 4.57 Å². The van der Waals surface area contributed by atoms with Crippen molar-refractivity contribution < 1.29 is 23.6 Å². The van der Waals surface area contributed by atoms with Crippen molar-refractivity contribution in [3.63, 3.8) is 0 Å². The summed E-state index contributed by atoms with van der Waals surface area (Å²) in [6, 6.07) is 0. The van der Waals surface area contributed by atoms with Gasteiger partial charge in [-0.05, 0) is 19.3 Å². The summed E-state index contributed by atoms with van der Waals surface area (Å²) in [5, 5.41) is 0. The minimum atomic E-state index is -1.84. The predicted molar refractivity (Wildman–Crippen MR) is 64.5 cm³/mol. The van der Waals surface area contributed by atoms with E-state index in [1.165, 1.54) is 7.11 Å². The first-order valence-corrected chi connectivity index (χ1v) is 7.09. The van der Waals surface area contributed by atoms with Crippen LogP contribution in [0.3, 0.4) is 0 Å². The van der Waals surface area contributed by atoms with E-state index in [1.807, 2.05) is 0 Å². The fourth-order valence-corrected chi connectivity index (χ4v) is 2.36. The van der Waals surface area contributed by atoms with Gasteiger partial charge in [0.25, 0.3) is 0 Å². The summed E-state index contributed by atoms with van der Waals surface area (Å²) in [4.78, 5) is 22.2. The number of ether oxygens (including phenoxy) is 2. The van der Waals surface area contributed by atoms with Crippen LogP contribution in [0.5, 0.6) is 0 Å². The van der Waals surface area contributed by atoms with E-state index in [9.17, 15) is 14.2 Å². The molecule has 0 fully saturated rings. The minimum Gasteiger partial charge on any atom is -0.469 e. The predicted octanol–water partition coefficient (Wildman–Crippen LogP) is 2.11. The van der Waals surface area contributed by atoms with Crippen LogP contribution in [0.2, 0.25) is 0 Å². The van der Waals surface area contributed by atoms with Crippen molar-refractivity contribution in [1.29, 1.82) is 0 Å². The van der Waals surface area contributed by atoms with Gasteiger partial charge < -0.3 is 9.47 Å². The molecule has 0 rings (SSSR count). The van der Waals surface area contributed by atoms with Gasteiger partial charge in [-0.15, -0.1) is 0 Å². The Hall–Kier alpha value is -0.800. The summed E-state index contributed by atoms with van der Waals surface area (Å²) >= 11 is 0. The number of rotatable bonds is 10. The number of unbranched alkanes of at least 4 members (excludes halogenated alkanes) is 2. The molecule has 6 heteroatoms. The maximum absolute atomic E-state index is 11.5. The van der Waals surface area contributed by atoms with Gasteiger partial charge >= 0.3 is 19.3 Å². The Kier molecular flexibility index (Phi) is 9.87. The van der Waals surface area contributed by atoms with Crippen molar-refractivity contribution in [2.75, 3.05) is 27.0 Å². The molecular weight excluding hydrogens is 243 g/mol. The molecule has 1 atom stereocenters. The van der Waals surface area contributed by atoms with E-state index in [2.05, 4.69) is 4.74 Å². The fourth-order valence-electron chi connectivity index (χ4n) is 1.24. The van der Waals surface area contributed by atoms with E-state index in [0.29, 0.717) is 12.8 Å². The van der Waals surface area contributed by atoms with E-state index in [1.54, 1.807) is 7.11 Å². The molecule has 0 aliphatic heterocycles. The van der Waals surface area contributed by atoms with Crippen molar-refractivity contribution in [1.82, 2.24) is 0 Å². The zero-order valence-electron chi connectivity index (χ0n) is 10.4. The van der Waals surface area contributed by atoms with Crippen molar-refractivity contribution in [3.8, 4) is 0 Å². The van der Waals surface area contributed by atoms with Gasteiger partial charge in [-0.2, -0.15) is 0 Å². The highest BCUT2D eigenvalue weighted by molar-refractivity contribution is 7.63. The summed E-state index contributed by atoms with van der Waals surface area (Å²) in [6.45, 7) is 0.688. The maximum Gasteiger partial charge on any atom is 0.414 e. The second kappa shape index (κ2) is 10.4. The Morgan fingerprint density at radius 1 is 1.06 bits per heavy atom. The zero-order chi connectivity index (χ0) is 13.1. The second-order valence-corrected chi connectivity index (χ2v) is 5.33. The lowest BCUT2D eigenvalue weighted by Crippen LogP contribution is -2.03. The SMILES string of the molecule is COCCCCC[P+](=O)C(=O)CCC(=O)OC. The molecule has 0 radical (unpaired) electrons. The van der Waals surface area contributed by atoms with E-state index in [0.717, 1.165) is 19.3 Å². The fraction of sp³-hybridized carbons (Fsp3) is 0.818. The lowest BCUT2D eigenvalue weighted by atomic mass is 10.3. The highest BCUT2D eigenvalue weighted by Gasteiger charge is 2.27. The van der Waals surface area contributed by atoms with Crippen LogP contribution < -0.4 is 0 Å². The van der Waals surface area contributed by atoms with E-state index < -0.39 is 13.8 Å². The number of carbonyl (C=O) groups is 2. The third kappa shape index (κ3) is 8.95. The van der Waals surface area contributed by atoms with Gasteiger partial charge in [0, 0.05) is 13.7 Å². The summed E-state index contributed by atoms with van der Waals surface area (Å²) in [5.74, 6) is -0.443. The van der Waals surface area contributed by atoms with Crippen LogP contribution in [-0.2, 0) is 23.6 Å². The largest absolute Gasteiger partial charge is 0.469 e. The molecule has 0 spiro atoms. The number of esters is 1. The lowest BCUT2D eigenvalue weighted by molar-refractivity contribution is -0.141. The molecule has 0 aliphatic carbocycles. The number of methoxy groups -OCH3 is 2. The third-order valence-corrected chi connectivity index (χ3v) is 3.76. The standard InChI is InChI=1S/C11H20O5P/c1-15-8-4-3-5-9-17(14)11(13)7-6-10(12)16-2/h3-9H2,1-2H3/q+1. The Morgan fingerprint density at radius 2 is 1.76 bits per heavy atom. The molecule has 0 saturated carbocycles. The third-order valence-electron chi connectivity index (χ3n) is 2.26. The van der Waals surface area contributed by atoms with Crippen molar-refractivity contribution >= 4 is 19.3 Å². The van der Waals surface area contributed by atoms with Gasteiger partial charge in [0.1, 0.15) is 0 Å². The average Bonchev–Trinajstić information content (AvgIpc) is 2.34. The Bertz CT molecular complexity index is 265. The molecule has 0 bridgehead atoms. The smallest absolute Gasteiger partial charge is 0.414 e. The molecule has 0 N–H and O–H groups in total. The van der Waals surface area contributed by atoms with E-state index in [4.69, 9.17) is 4.74 Å². The maximum atomic E-state index is 11.5. The minimum absolute atomic E-state index is 0.0138. The van der Waals surface area contributed by atoms with Crippen molar-refractivity contribution in [2.24, 2.45) is 0 Å². The van der Waals surface area contributed by atoms with Gasteiger partial charge in [-0.3, -0.25) is 4.79 Å². The van der Waals surface area contributed by atoms with Crippen molar-refractivity contribution in [2.45, 2.75) is 32.1 Å². The monoisotopic (exact) mass is 263 g/mol. The van der Waals surface area contributed by atoms with E-state index >= 15 is 0 Å². The molecule has 0 saturated heterocycles. The van der Waals surface area contributed by atoms with Gasteiger partial charge in [0.15, 0.2) is 6.16 Å². The molecule has 0 aromatic rings. The summed E-state index contributed by atoms with van der Waals surface area (Å²) < 4.78 is 20.8. The first-order valence-electron chi connectivity index (χ1n) is 5.65. The van der Waals surface area contributed by atoms with Crippen LogP contribution in [-0.4, -0.2) is 38.5 Å². The molecule has 0 aromatic heterocycles. The summed E-state index contributed by atoms with van der Waals surface area (Å²) in [5.41, 5.74) is -0.336. The highest BCUT2D eigenvalue weighted by Crippen LogP contribution is 2.26. The molecule has 0 heterocycles. The van der Waals surface area contributed by atoms with Crippen LogP contribution >= 0.6 is 7.80 Å². The Balaban J connectivity index is 3.61. The number of hydrogen-bond acceptors (Lipinski definition) is 5. The van der Waals surface area contributed by atoms with Crippen LogP contribution in [0.15, 0.2) is 0 Å². The topological polar surface area (TPSA) is 69.7 Å². The molecule has 5 nitrogen and oxygen atoms in total. The first-order chi connectivity index (χ1) is 8.11. The molecule has 98 valence electrons. The molecule has 0 aliphatic rings. The lowest BCUT2D eigenvalue weighted by Gasteiger charge is -1.95. The Morgan fingerprint density at radius 3 is 2.35 bits per heavy atom. The molecular formula is C11H20O5P+. The normalized spacial score (nSPS) is 11.1. The number of hydrogen-bond donors (Lipinski definition) is 0. The van der Waals surface area contributed by atoms with Crippen LogP contribution in [0.4, 0.5) is 0 Å². The number of carbonyl (C=O) groups excluding carboxylic acids is 2. The van der Waals surface area contributed by atoms with Crippen LogP contribution in [0, 0.1) is 0 Å². The first kappa shape index (κ1) is 16.2. The summed E-state index contributed by atoms with van der Waals surface area (Å²) in [6.07, 6.45) is 3.00. The molecule has 0 aromatic carbocycles. The Labute approximate surface area is 103 Å². The van der Waals surface area contributed by atoms with Gasteiger partial charge in [0.05, 0.1) is 20.0 Å². The zero-order valence-corrected chi connectivity index (χ0v) is 11.3. The summed E-state index contributed by atoms with van der Waals surface area (Å²) in [7, 11) is 1.07. The van der Waals surface area contributed by atoms with Crippen LogP contribution in [0.1, 0.15) is 32.1 Å². The van der Waals surface area contributed by atoms with Gasteiger partial charge in [-0.25, -0.2) is 4.79 Å².